The Morgan fingerprint density at radius 3 is 1.86 bits per heavy atom. The van der Waals surface area contributed by atoms with E-state index < -0.39 is 11.3 Å². The van der Waals surface area contributed by atoms with Gasteiger partial charge in [-0.3, -0.25) is 4.79 Å². The van der Waals surface area contributed by atoms with Crippen LogP contribution in [-0.2, 0) is 11.8 Å². The molecule has 0 atom stereocenters. The van der Waals surface area contributed by atoms with Crippen molar-refractivity contribution in [2.45, 2.75) is 0 Å². The Balaban J connectivity index is 4.09. The molecule has 0 aliphatic rings. The van der Waals surface area contributed by atoms with Crippen molar-refractivity contribution in [2.75, 3.05) is 0 Å². The van der Waals surface area contributed by atoms with E-state index in [0.29, 0.717) is 0 Å². The van der Waals surface area contributed by atoms with Crippen LogP contribution in [0.3, 0.4) is 0 Å². The van der Waals surface area contributed by atoms with Crippen LogP contribution in [0.1, 0.15) is 0 Å². The average molecular weight is 158 g/mol. The molecule has 0 saturated carbocycles. The zero-order valence-corrected chi connectivity index (χ0v) is 5.71. The highest BCUT2D eigenvalue weighted by Gasteiger charge is 2.13. The van der Waals surface area contributed by atoms with Crippen LogP contribution < -0.4 is 0 Å². The maximum atomic E-state index is 9.77. The smallest absolute Gasteiger partial charge is 0.269 e. The fraction of sp³-hybridized carbons (Fsp3) is 0. The Morgan fingerprint density at radius 1 is 1.71 bits per heavy atom. The van der Waals surface area contributed by atoms with E-state index in [-0.39, 0.29) is 0 Å². The second-order valence-electron chi connectivity index (χ2n) is 0.827. The molecule has 3 nitrogen and oxygen atoms in total. The first-order valence-electron chi connectivity index (χ1n) is 1.23. The standard InChI is InChI=1S/CH3O3PS2/c2-1(6)5(3,4)7/h(H,2,6)(H2,3,4,7). The maximum absolute atomic E-state index is 9.77. The zero-order chi connectivity index (χ0) is 6.08. The molecular weight excluding hydrogens is 155 g/mol. The highest BCUT2D eigenvalue weighted by Crippen LogP contribution is 2.38. The molecule has 0 amide bonds. The predicted molar refractivity (Wildman–Crippen MR) is 33.1 cm³/mol. The normalized spacial score (nSPS) is 11.3. The summed E-state index contributed by atoms with van der Waals surface area (Å²) in [7, 11) is 0. The maximum Gasteiger partial charge on any atom is 0.269 e. The van der Waals surface area contributed by atoms with Crippen molar-refractivity contribution in [3.63, 3.8) is 0 Å². The first-order chi connectivity index (χ1) is 2.94. The van der Waals surface area contributed by atoms with Crippen molar-refractivity contribution in [3.8, 4) is 0 Å². The van der Waals surface area contributed by atoms with E-state index in [0.717, 1.165) is 0 Å². The summed E-state index contributed by atoms with van der Waals surface area (Å²) in [6.07, 6.45) is 0. The minimum absolute atomic E-state index is 1.03. The number of carbonyl (C=O) groups excluding carboxylic acids is 1. The molecule has 0 spiro atoms. The Kier molecular flexibility index (Phi) is 2.43. The quantitative estimate of drug-likeness (QED) is 0.380. The molecule has 0 aliphatic heterocycles. The van der Waals surface area contributed by atoms with Gasteiger partial charge >= 0.3 is 0 Å². The third-order valence-corrected chi connectivity index (χ3v) is 2.49. The van der Waals surface area contributed by atoms with Crippen molar-refractivity contribution >= 4 is 35.8 Å². The topological polar surface area (TPSA) is 57.5 Å². The highest BCUT2D eigenvalue weighted by molar-refractivity contribution is 8.29. The van der Waals surface area contributed by atoms with Gasteiger partial charge in [0.1, 0.15) is 0 Å². The first kappa shape index (κ1) is 7.59. The summed E-state index contributed by atoms with van der Waals surface area (Å²) < 4.78 is 0. The molecule has 0 aromatic rings. The van der Waals surface area contributed by atoms with Gasteiger partial charge in [0.2, 0.25) is 0 Å². The fourth-order valence-electron chi connectivity index (χ4n) is 0. The van der Waals surface area contributed by atoms with E-state index >= 15 is 0 Å². The van der Waals surface area contributed by atoms with Crippen molar-refractivity contribution < 1.29 is 14.6 Å². The summed E-state index contributed by atoms with van der Waals surface area (Å²) in [6.45, 7) is -3.68. The average Bonchev–Trinajstić information content (AvgIpc) is 1.31. The van der Waals surface area contributed by atoms with Gasteiger partial charge in [0, 0.05) is 0 Å². The summed E-state index contributed by atoms with van der Waals surface area (Å²) in [4.78, 5) is 25.1. The van der Waals surface area contributed by atoms with Crippen LogP contribution in [0.4, 0.5) is 4.79 Å². The molecule has 0 aromatic heterocycles. The van der Waals surface area contributed by atoms with Gasteiger partial charge in [-0.2, -0.15) is 0 Å². The van der Waals surface area contributed by atoms with Crippen LogP contribution in [0, 0.1) is 0 Å². The lowest BCUT2D eigenvalue weighted by molar-refractivity contribution is 0.271. The summed E-state index contributed by atoms with van der Waals surface area (Å²) in [5.74, 6) is 0. The number of carbonyl (C=O) groups is 1. The van der Waals surface area contributed by atoms with Crippen molar-refractivity contribution in [2.24, 2.45) is 0 Å². The lowest BCUT2D eigenvalue weighted by Crippen LogP contribution is -1.82. The molecule has 6 heteroatoms. The van der Waals surface area contributed by atoms with Crippen LogP contribution in [0.15, 0.2) is 0 Å². The second-order valence-corrected chi connectivity index (χ2v) is 4.61. The van der Waals surface area contributed by atoms with Crippen molar-refractivity contribution in [3.05, 3.63) is 0 Å². The molecule has 0 bridgehead atoms. The molecule has 0 aliphatic carbocycles. The van der Waals surface area contributed by atoms with Gasteiger partial charge in [-0.1, -0.05) is 12.6 Å². The highest BCUT2D eigenvalue weighted by atomic mass is 32.5. The number of rotatable bonds is 1. The van der Waals surface area contributed by atoms with Gasteiger partial charge in [0.05, 0.1) is 0 Å². The molecule has 0 heterocycles. The molecule has 0 rings (SSSR count). The third-order valence-electron chi connectivity index (χ3n) is 0.249. The molecule has 0 saturated heterocycles. The zero-order valence-electron chi connectivity index (χ0n) is 3.11. The minimum atomic E-state index is -3.68. The monoisotopic (exact) mass is 158 g/mol. The van der Waals surface area contributed by atoms with E-state index in [1.165, 1.54) is 0 Å². The number of hydrogen-bond donors (Lipinski definition) is 3. The SMILES string of the molecule is O=C(S)P(O)(O)=S. The van der Waals surface area contributed by atoms with Crippen LogP contribution in [0.25, 0.3) is 0 Å². The molecule has 0 unspecified atom stereocenters. The van der Waals surface area contributed by atoms with Crippen LogP contribution in [0.5, 0.6) is 0 Å². The molecule has 2 N–H and O–H groups in total. The molecule has 7 heavy (non-hydrogen) atoms. The molecular formula is CH3O3PS2. The lowest BCUT2D eigenvalue weighted by atomic mass is 11.8. The van der Waals surface area contributed by atoms with Crippen molar-refractivity contribution in [1.82, 2.24) is 0 Å². The number of hydrogen-bond acceptors (Lipinski definition) is 2. The Hall–Kier alpha value is 0.590. The van der Waals surface area contributed by atoms with Gasteiger partial charge in [-0.15, -0.1) is 0 Å². The summed E-state index contributed by atoms with van der Waals surface area (Å²) in [5, 5.41) is 0. The van der Waals surface area contributed by atoms with Crippen LogP contribution >= 0.6 is 19.1 Å². The Bertz CT molecular complexity index is 125. The van der Waals surface area contributed by atoms with E-state index in [1.807, 2.05) is 0 Å². The van der Waals surface area contributed by atoms with Gasteiger partial charge < -0.3 is 9.79 Å². The Morgan fingerprint density at radius 2 is 1.86 bits per heavy atom. The largest absolute Gasteiger partial charge is 0.339 e. The van der Waals surface area contributed by atoms with Gasteiger partial charge in [0.15, 0.2) is 0 Å². The van der Waals surface area contributed by atoms with E-state index in [2.05, 4.69) is 24.4 Å². The van der Waals surface area contributed by atoms with E-state index in [4.69, 9.17) is 9.79 Å². The van der Waals surface area contributed by atoms with E-state index in [1.54, 1.807) is 0 Å². The second kappa shape index (κ2) is 2.24. The van der Waals surface area contributed by atoms with Crippen LogP contribution in [0.2, 0.25) is 0 Å². The lowest BCUT2D eigenvalue weighted by Gasteiger charge is -1.95. The van der Waals surface area contributed by atoms with Gasteiger partial charge in [-0.25, -0.2) is 0 Å². The van der Waals surface area contributed by atoms with Gasteiger partial charge in [0.25, 0.3) is 11.3 Å². The third kappa shape index (κ3) is 3.20. The summed E-state index contributed by atoms with van der Waals surface area (Å²) >= 11 is 6.99. The fourth-order valence-corrected chi connectivity index (χ4v) is 0. The summed E-state index contributed by atoms with van der Waals surface area (Å²) in [6, 6.07) is 0. The summed E-state index contributed by atoms with van der Waals surface area (Å²) in [5.41, 5.74) is 0. The molecule has 0 fully saturated rings. The number of thiol groups is 1. The molecule has 0 radical (unpaired) electrons. The van der Waals surface area contributed by atoms with E-state index in [9.17, 15) is 4.79 Å². The minimum Gasteiger partial charge on any atom is -0.339 e. The van der Waals surface area contributed by atoms with Gasteiger partial charge in [-0.05, 0) is 11.8 Å². The molecule has 42 valence electrons. The Labute approximate surface area is 50.9 Å². The predicted octanol–water partition coefficient (Wildman–Crippen LogP) is 0.330. The van der Waals surface area contributed by atoms with Crippen molar-refractivity contribution in [1.29, 1.82) is 0 Å². The molecule has 0 aromatic carbocycles. The van der Waals surface area contributed by atoms with Crippen LogP contribution in [-0.4, -0.2) is 14.6 Å². The first-order valence-corrected chi connectivity index (χ1v) is 4.39.